The Morgan fingerprint density at radius 1 is 0.917 bits per heavy atom. The number of hydrogen-bond donors (Lipinski definition) is 2. The first-order valence-electron chi connectivity index (χ1n) is 12.5. The van der Waals surface area contributed by atoms with Gasteiger partial charge in [0, 0.05) is 17.3 Å². The number of carbonyl (C=O) groups is 1. The van der Waals surface area contributed by atoms with Crippen LogP contribution in [0.3, 0.4) is 0 Å². The van der Waals surface area contributed by atoms with Gasteiger partial charge in [0.1, 0.15) is 0 Å². The second-order valence-electron chi connectivity index (χ2n) is 9.51. The van der Waals surface area contributed by atoms with Crippen molar-refractivity contribution in [1.29, 1.82) is 5.26 Å². The summed E-state index contributed by atoms with van der Waals surface area (Å²) in [6.07, 6.45) is 6.14. The van der Waals surface area contributed by atoms with E-state index < -0.39 is 5.92 Å². The number of hydrogen-bond acceptors (Lipinski definition) is 4. The minimum Gasteiger partial charge on any atom is -0.395 e. The lowest BCUT2D eigenvalue weighted by Crippen LogP contribution is -2.26. The summed E-state index contributed by atoms with van der Waals surface area (Å²) in [5.41, 5.74) is 5.62. The molecule has 0 radical (unpaired) electrons. The molecule has 1 atom stereocenters. The van der Waals surface area contributed by atoms with Crippen molar-refractivity contribution in [2.45, 2.75) is 43.4 Å². The molecule has 5 rings (SSSR count). The molecule has 0 bridgehead atoms. The van der Waals surface area contributed by atoms with Crippen molar-refractivity contribution >= 4 is 22.5 Å². The van der Waals surface area contributed by atoms with Crippen molar-refractivity contribution in [3.05, 3.63) is 107 Å². The highest BCUT2D eigenvalue weighted by Crippen LogP contribution is 2.43. The average Bonchev–Trinajstić information content (AvgIpc) is 2.94. The fourth-order valence-electron chi connectivity index (χ4n) is 5.57. The lowest BCUT2D eigenvalue weighted by molar-refractivity contribution is -0.118. The van der Waals surface area contributed by atoms with Crippen LogP contribution in [0.25, 0.3) is 10.9 Å². The van der Waals surface area contributed by atoms with Crippen molar-refractivity contribution < 1.29 is 9.90 Å². The summed E-state index contributed by atoms with van der Waals surface area (Å²) in [5, 5.41) is 23.4. The van der Waals surface area contributed by atoms with Gasteiger partial charge in [-0.05, 0) is 90.6 Å². The minimum absolute atomic E-state index is 0.244. The van der Waals surface area contributed by atoms with Crippen LogP contribution in [0, 0.1) is 11.3 Å². The Bertz CT molecular complexity index is 1390. The normalized spacial score (nSPS) is 18.3. The van der Waals surface area contributed by atoms with Gasteiger partial charge in [-0.3, -0.25) is 9.78 Å². The molecule has 4 aromatic rings. The number of para-hydroxylation sites is 1. The molecule has 1 saturated carbocycles. The molecule has 3 aromatic carbocycles. The molecule has 0 aliphatic heterocycles. The molecule has 36 heavy (non-hydrogen) atoms. The number of aliphatic hydroxyl groups excluding tert-OH is 1. The van der Waals surface area contributed by atoms with Crippen LogP contribution < -0.4 is 5.32 Å². The first kappa shape index (κ1) is 23.7. The number of pyridine rings is 1. The highest BCUT2D eigenvalue weighted by molar-refractivity contribution is 5.96. The summed E-state index contributed by atoms with van der Waals surface area (Å²) in [6.45, 7) is -0.266. The number of nitriles is 1. The van der Waals surface area contributed by atoms with Crippen molar-refractivity contribution in [1.82, 2.24) is 4.98 Å². The van der Waals surface area contributed by atoms with Crippen molar-refractivity contribution in [2.24, 2.45) is 0 Å². The van der Waals surface area contributed by atoms with Gasteiger partial charge < -0.3 is 10.4 Å². The van der Waals surface area contributed by atoms with Crippen LogP contribution in [0.4, 0.5) is 5.69 Å². The van der Waals surface area contributed by atoms with Crippen LogP contribution in [-0.4, -0.2) is 22.6 Å². The lowest BCUT2D eigenvalue weighted by Gasteiger charge is -2.31. The average molecular weight is 476 g/mol. The number of amides is 1. The Kier molecular flexibility index (Phi) is 7.06. The molecule has 0 saturated heterocycles. The zero-order valence-corrected chi connectivity index (χ0v) is 20.1. The fourth-order valence-corrected chi connectivity index (χ4v) is 5.57. The van der Waals surface area contributed by atoms with Crippen LogP contribution in [0.2, 0.25) is 0 Å². The van der Waals surface area contributed by atoms with Gasteiger partial charge in [0.25, 0.3) is 0 Å². The summed E-state index contributed by atoms with van der Waals surface area (Å²) in [4.78, 5) is 17.7. The van der Waals surface area contributed by atoms with Gasteiger partial charge in [0.2, 0.25) is 5.91 Å². The summed E-state index contributed by atoms with van der Waals surface area (Å²) >= 11 is 0. The number of carbonyl (C=O) groups excluding carboxylic acids is 1. The van der Waals surface area contributed by atoms with E-state index in [4.69, 9.17) is 5.26 Å². The molecule has 5 nitrogen and oxygen atoms in total. The number of aromatic nitrogens is 1. The Hall–Kier alpha value is -4.01. The van der Waals surface area contributed by atoms with E-state index in [9.17, 15) is 9.90 Å². The second-order valence-corrected chi connectivity index (χ2v) is 9.51. The number of benzene rings is 3. The van der Waals surface area contributed by atoms with Crippen LogP contribution in [0.1, 0.15) is 65.7 Å². The minimum atomic E-state index is -0.654. The molecule has 0 spiro atoms. The zero-order valence-electron chi connectivity index (χ0n) is 20.1. The summed E-state index contributed by atoms with van der Waals surface area (Å²) < 4.78 is 0. The maximum atomic E-state index is 13.2. The molecule has 180 valence electrons. The number of nitrogens with one attached hydrogen (secondary N) is 1. The Morgan fingerprint density at radius 2 is 1.58 bits per heavy atom. The first-order valence-corrected chi connectivity index (χ1v) is 12.5. The molecule has 0 unspecified atom stereocenters. The second kappa shape index (κ2) is 10.7. The predicted molar refractivity (Wildman–Crippen MR) is 142 cm³/mol. The third-order valence-corrected chi connectivity index (χ3v) is 7.44. The summed E-state index contributed by atoms with van der Waals surface area (Å²) in [5.74, 6) is -0.0535. The van der Waals surface area contributed by atoms with E-state index >= 15 is 0 Å². The molecule has 2 N–H and O–H groups in total. The van der Waals surface area contributed by atoms with E-state index in [0.29, 0.717) is 23.1 Å². The zero-order chi connectivity index (χ0) is 24.9. The summed E-state index contributed by atoms with van der Waals surface area (Å²) in [6, 6.07) is 27.4. The molecular weight excluding hydrogens is 446 g/mol. The third-order valence-electron chi connectivity index (χ3n) is 7.44. The van der Waals surface area contributed by atoms with Gasteiger partial charge in [-0.2, -0.15) is 5.26 Å². The van der Waals surface area contributed by atoms with Crippen LogP contribution in [0.15, 0.2) is 85.1 Å². The van der Waals surface area contributed by atoms with Gasteiger partial charge in [0.15, 0.2) is 0 Å². The van der Waals surface area contributed by atoms with E-state index in [1.165, 1.54) is 10.9 Å². The number of fused-ring (bicyclic) bond motifs is 1. The van der Waals surface area contributed by atoms with Crippen LogP contribution >= 0.6 is 0 Å². The molecule has 1 aliphatic rings. The maximum absolute atomic E-state index is 13.2. The van der Waals surface area contributed by atoms with E-state index in [1.54, 1.807) is 24.3 Å². The highest BCUT2D eigenvalue weighted by Gasteiger charge is 2.29. The Labute approximate surface area is 211 Å². The smallest absolute Gasteiger partial charge is 0.234 e. The molecule has 1 aromatic heterocycles. The van der Waals surface area contributed by atoms with E-state index in [2.05, 4.69) is 46.7 Å². The number of aliphatic hydroxyl groups is 1. The first-order chi connectivity index (χ1) is 17.7. The van der Waals surface area contributed by atoms with Crippen molar-refractivity contribution in [2.75, 3.05) is 11.9 Å². The SMILES string of the molecule is N#Cc1ccc(NC(=O)[C@@H](CO)c2ccccc2C2CCC(c3ccnc4ccccc34)CC2)cc1. The van der Waals surface area contributed by atoms with Gasteiger partial charge in [-0.15, -0.1) is 0 Å². The lowest BCUT2D eigenvalue weighted by atomic mass is 9.73. The van der Waals surface area contributed by atoms with Crippen molar-refractivity contribution in [3.63, 3.8) is 0 Å². The van der Waals surface area contributed by atoms with E-state index in [1.807, 2.05) is 30.5 Å². The molecule has 5 heteroatoms. The molecule has 1 heterocycles. The van der Waals surface area contributed by atoms with E-state index in [-0.39, 0.29) is 12.5 Å². The number of anilines is 1. The molecule has 1 aliphatic carbocycles. The molecule has 1 fully saturated rings. The highest BCUT2D eigenvalue weighted by atomic mass is 16.3. The standard InChI is InChI=1S/C31H29N3O2/c32-19-21-9-15-24(16-10-21)34-31(36)29(20-35)27-6-2-1-5-25(27)22-11-13-23(14-12-22)26-17-18-33-30-8-4-3-7-28(26)30/h1-10,15-18,22-23,29,35H,11-14,20H2,(H,34,36)/t22?,23?,29-/m0/s1. The Morgan fingerprint density at radius 3 is 2.31 bits per heavy atom. The van der Waals surface area contributed by atoms with Gasteiger partial charge in [0.05, 0.1) is 29.7 Å². The monoisotopic (exact) mass is 475 g/mol. The maximum Gasteiger partial charge on any atom is 0.234 e. The van der Waals surface area contributed by atoms with Gasteiger partial charge in [-0.1, -0.05) is 42.5 Å². The quantitative estimate of drug-likeness (QED) is 0.344. The summed E-state index contributed by atoms with van der Waals surface area (Å²) in [7, 11) is 0. The number of nitrogens with zero attached hydrogens (tertiary/aromatic N) is 2. The van der Waals surface area contributed by atoms with Gasteiger partial charge >= 0.3 is 0 Å². The van der Waals surface area contributed by atoms with Crippen molar-refractivity contribution in [3.8, 4) is 6.07 Å². The van der Waals surface area contributed by atoms with Crippen LogP contribution in [-0.2, 0) is 4.79 Å². The van der Waals surface area contributed by atoms with Gasteiger partial charge in [-0.25, -0.2) is 0 Å². The predicted octanol–water partition coefficient (Wildman–Crippen LogP) is 6.26. The third kappa shape index (κ3) is 4.86. The number of rotatable bonds is 6. The van der Waals surface area contributed by atoms with E-state index in [0.717, 1.165) is 42.3 Å². The topological polar surface area (TPSA) is 86.0 Å². The Balaban J connectivity index is 1.33. The largest absolute Gasteiger partial charge is 0.395 e. The van der Waals surface area contributed by atoms with Crippen LogP contribution in [0.5, 0.6) is 0 Å². The molecule has 1 amide bonds. The fraction of sp³-hybridized carbons (Fsp3) is 0.258. The molecular formula is C31H29N3O2.